The third-order valence-corrected chi connectivity index (χ3v) is 4.54. The minimum atomic E-state index is 0.562. The summed E-state index contributed by atoms with van der Waals surface area (Å²) < 4.78 is 1.89. The van der Waals surface area contributed by atoms with Gasteiger partial charge in [0.1, 0.15) is 5.03 Å². The van der Waals surface area contributed by atoms with Crippen molar-refractivity contribution in [3.63, 3.8) is 0 Å². The average molecular weight is 289 g/mol. The zero-order valence-electron chi connectivity index (χ0n) is 12.7. The van der Waals surface area contributed by atoms with E-state index in [1.807, 2.05) is 11.7 Å². The Morgan fingerprint density at radius 2 is 1.90 bits per heavy atom. The fourth-order valence-electron chi connectivity index (χ4n) is 2.15. The van der Waals surface area contributed by atoms with Crippen molar-refractivity contribution in [1.82, 2.24) is 9.78 Å². The molecule has 0 radical (unpaired) electrons. The van der Waals surface area contributed by atoms with E-state index in [1.54, 1.807) is 11.8 Å². The maximum absolute atomic E-state index is 6.21. The summed E-state index contributed by atoms with van der Waals surface area (Å²) in [5.41, 5.74) is 9.41. The Bertz CT molecular complexity index is 570. The highest BCUT2D eigenvalue weighted by atomic mass is 32.2. The molecule has 1 aromatic heterocycles. The molecule has 2 N–H and O–H groups in total. The monoisotopic (exact) mass is 289 g/mol. The molecule has 0 aliphatic rings. The lowest BCUT2D eigenvalue weighted by Gasteiger charge is -2.07. The maximum Gasteiger partial charge on any atom is 0.122 e. The Labute approximate surface area is 125 Å². The number of aromatic nitrogens is 2. The van der Waals surface area contributed by atoms with Crippen LogP contribution in [0, 0.1) is 0 Å². The first-order chi connectivity index (χ1) is 9.52. The van der Waals surface area contributed by atoms with Crippen molar-refractivity contribution in [2.75, 3.05) is 5.73 Å². The van der Waals surface area contributed by atoms with Gasteiger partial charge in [0.25, 0.3) is 0 Å². The van der Waals surface area contributed by atoms with E-state index >= 15 is 0 Å². The van der Waals surface area contributed by atoms with Gasteiger partial charge in [0.15, 0.2) is 0 Å². The van der Waals surface area contributed by atoms with Crippen molar-refractivity contribution < 1.29 is 0 Å². The summed E-state index contributed by atoms with van der Waals surface area (Å²) in [5, 5.41) is 5.55. The highest BCUT2D eigenvalue weighted by molar-refractivity contribution is 7.99. The van der Waals surface area contributed by atoms with Crippen molar-refractivity contribution >= 4 is 17.4 Å². The van der Waals surface area contributed by atoms with Gasteiger partial charge in [0.05, 0.1) is 11.4 Å². The van der Waals surface area contributed by atoms with Gasteiger partial charge < -0.3 is 5.73 Å². The van der Waals surface area contributed by atoms with E-state index in [9.17, 15) is 0 Å². The summed E-state index contributed by atoms with van der Waals surface area (Å²) in [6.07, 6.45) is 2.00. The Morgan fingerprint density at radius 3 is 2.45 bits per heavy atom. The first kappa shape index (κ1) is 15.0. The average Bonchev–Trinajstić information content (AvgIpc) is 2.68. The molecule has 4 heteroatoms. The van der Waals surface area contributed by atoms with Gasteiger partial charge >= 0.3 is 0 Å². The topological polar surface area (TPSA) is 43.8 Å². The maximum atomic E-state index is 6.21. The summed E-state index contributed by atoms with van der Waals surface area (Å²) in [6, 6.07) is 8.69. The van der Waals surface area contributed by atoms with Crippen molar-refractivity contribution in [1.29, 1.82) is 0 Å². The molecule has 108 valence electrons. The standard InChI is InChI=1S/C16H23N3S/c1-5-6-14-15(17)16(19(4)18-14)20-13-9-7-12(8-10-13)11(2)3/h7-11H,5-6,17H2,1-4H3. The predicted molar refractivity (Wildman–Crippen MR) is 86.3 cm³/mol. The number of benzene rings is 1. The number of anilines is 1. The number of hydrogen-bond donors (Lipinski definition) is 1. The van der Waals surface area contributed by atoms with Crippen LogP contribution < -0.4 is 5.73 Å². The summed E-state index contributed by atoms with van der Waals surface area (Å²) in [7, 11) is 1.96. The highest BCUT2D eigenvalue weighted by Gasteiger charge is 2.13. The number of nitrogens with zero attached hydrogens (tertiary/aromatic N) is 2. The molecule has 0 amide bonds. The zero-order chi connectivity index (χ0) is 14.7. The normalized spacial score (nSPS) is 11.2. The van der Waals surface area contributed by atoms with Gasteiger partial charge in [-0.1, -0.05) is 51.1 Å². The Balaban J connectivity index is 2.21. The highest BCUT2D eigenvalue weighted by Crippen LogP contribution is 2.34. The van der Waals surface area contributed by atoms with Gasteiger partial charge in [-0.25, -0.2) is 0 Å². The fourth-order valence-corrected chi connectivity index (χ4v) is 3.05. The second-order valence-electron chi connectivity index (χ2n) is 5.36. The van der Waals surface area contributed by atoms with Crippen molar-refractivity contribution in [2.24, 2.45) is 7.05 Å². The van der Waals surface area contributed by atoms with E-state index in [-0.39, 0.29) is 0 Å². The quantitative estimate of drug-likeness (QED) is 0.895. The third kappa shape index (κ3) is 3.18. The molecular weight excluding hydrogens is 266 g/mol. The summed E-state index contributed by atoms with van der Waals surface area (Å²) in [4.78, 5) is 1.20. The smallest absolute Gasteiger partial charge is 0.122 e. The molecule has 0 fully saturated rings. The molecule has 20 heavy (non-hydrogen) atoms. The largest absolute Gasteiger partial charge is 0.395 e. The number of rotatable bonds is 5. The molecular formula is C16H23N3S. The molecule has 1 heterocycles. The number of hydrogen-bond acceptors (Lipinski definition) is 3. The Hall–Kier alpha value is -1.42. The lowest BCUT2D eigenvalue weighted by molar-refractivity contribution is 0.682. The zero-order valence-corrected chi connectivity index (χ0v) is 13.5. The van der Waals surface area contributed by atoms with Crippen LogP contribution in [-0.4, -0.2) is 9.78 Å². The molecule has 0 atom stereocenters. The fraction of sp³-hybridized carbons (Fsp3) is 0.438. The molecule has 2 aromatic rings. The summed E-state index contributed by atoms with van der Waals surface area (Å²) in [5.74, 6) is 0.562. The molecule has 0 saturated heterocycles. The van der Waals surface area contributed by atoms with Crippen LogP contribution in [0.25, 0.3) is 0 Å². The van der Waals surface area contributed by atoms with Crippen LogP contribution in [0.5, 0.6) is 0 Å². The van der Waals surface area contributed by atoms with E-state index < -0.39 is 0 Å². The van der Waals surface area contributed by atoms with Crippen molar-refractivity contribution in [3.05, 3.63) is 35.5 Å². The molecule has 1 aromatic carbocycles. The van der Waals surface area contributed by atoms with E-state index in [4.69, 9.17) is 5.73 Å². The SMILES string of the molecule is CCCc1nn(C)c(Sc2ccc(C(C)C)cc2)c1N. The summed E-state index contributed by atoms with van der Waals surface area (Å²) in [6.45, 7) is 6.56. The second kappa shape index (κ2) is 6.35. The molecule has 0 unspecified atom stereocenters. The minimum absolute atomic E-state index is 0.562. The summed E-state index contributed by atoms with van der Waals surface area (Å²) >= 11 is 1.68. The lowest BCUT2D eigenvalue weighted by atomic mass is 10.0. The lowest BCUT2D eigenvalue weighted by Crippen LogP contribution is -1.94. The molecule has 0 spiro atoms. The van der Waals surface area contributed by atoms with Crippen LogP contribution in [0.15, 0.2) is 34.2 Å². The van der Waals surface area contributed by atoms with Crippen LogP contribution in [0.3, 0.4) is 0 Å². The van der Waals surface area contributed by atoms with Crippen LogP contribution >= 0.6 is 11.8 Å². The van der Waals surface area contributed by atoms with Crippen LogP contribution in [0.2, 0.25) is 0 Å². The molecule has 0 aliphatic carbocycles. The number of nitrogen functional groups attached to an aromatic ring is 1. The van der Waals surface area contributed by atoms with E-state index in [0.29, 0.717) is 5.92 Å². The Kier molecular flexibility index (Phi) is 4.76. The molecule has 2 rings (SSSR count). The number of aryl methyl sites for hydroxylation is 2. The van der Waals surface area contributed by atoms with Gasteiger partial charge in [0.2, 0.25) is 0 Å². The number of nitrogens with two attached hydrogens (primary N) is 1. The third-order valence-electron chi connectivity index (χ3n) is 3.35. The van der Waals surface area contributed by atoms with Crippen molar-refractivity contribution in [2.45, 2.75) is 49.5 Å². The van der Waals surface area contributed by atoms with E-state index in [0.717, 1.165) is 29.2 Å². The van der Waals surface area contributed by atoms with Gasteiger partial charge in [-0.15, -0.1) is 0 Å². The Morgan fingerprint density at radius 1 is 1.25 bits per heavy atom. The van der Waals surface area contributed by atoms with Crippen molar-refractivity contribution in [3.8, 4) is 0 Å². The van der Waals surface area contributed by atoms with Gasteiger partial charge in [-0.05, 0) is 30.0 Å². The van der Waals surface area contributed by atoms with E-state index in [2.05, 4.69) is 50.1 Å². The van der Waals surface area contributed by atoms with Gasteiger partial charge in [-0.2, -0.15) is 5.10 Å². The van der Waals surface area contributed by atoms with Gasteiger partial charge in [0, 0.05) is 11.9 Å². The molecule has 0 saturated carbocycles. The van der Waals surface area contributed by atoms with E-state index in [1.165, 1.54) is 10.5 Å². The minimum Gasteiger partial charge on any atom is -0.395 e. The molecule has 3 nitrogen and oxygen atoms in total. The van der Waals surface area contributed by atoms with Crippen LogP contribution in [-0.2, 0) is 13.5 Å². The predicted octanol–water partition coefficient (Wildman–Crippen LogP) is 4.23. The first-order valence-corrected chi connectivity index (χ1v) is 7.93. The van der Waals surface area contributed by atoms with Crippen LogP contribution in [0.4, 0.5) is 5.69 Å². The van der Waals surface area contributed by atoms with Crippen LogP contribution in [0.1, 0.15) is 44.4 Å². The van der Waals surface area contributed by atoms with Gasteiger partial charge in [-0.3, -0.25) is 4.68 Å². The molecule has 0 bridgehead atoms. The second-order valence-corrected chi connectivity index (χ2v) is 6.43. The molecule has 0 aliphatic heterocycles. The first-order valence-electron chi connectivity index (χ1n) is 7.12.